The molecule has 2 heteroatoms. The Morgan fingerprint density at radius 3 is 2.84 bits per heavy atom. The first-order chi connectivity index (χ1) is 9.04. The van der Waals surface area contributed by atoms with Crippen molar-refractivity contribution in [1.29, 1.82) is 0 Å². The average molecular weight is 277 g/mol. The highest BCUT2D eigenvalue weighted by Gasteiger charge is 2.31. The number of benzene rings is 1. The molecule has 0 fully saturated rings. The van der Waals surface area contributed by atoms with Crippen LogP contribution in [-0.2, 0) is 5.41 Å². The van der Waals surface area contributed by atoms with Gasteiger partial charge in [0, 0.05) is 11.3 Å². The second-order valence-electron chi connectivity index (χ2n) is 6.35. The minimum absolute atomic E-state index is 0.335. The van der Waals surface area contributed by atoms with Crippen LogP contribution in [0.1, 0.15) is 57.2 Å². The van der Waals surface area contributed by atoms with Crippen LogP contribution in [0.15, 0.2) is 24.3 Å². The SMILES string of the molecule is CSC(C)CCNC1CCC(C)(C)c2ccccc21. The molecule has 0 spiro atoms. The van der Waals surface area contributed by atoms with E-state index in [9.17, 15) is 0 Å². The molecule has 0 bridgehead atoms. The number of thioether (sulfide) groups is 1. The Hall–Kier alpha value is -0.470. The molecule has 1 aliphatic rings. The first-order valence-electron chi connectivity index (χ1n) is 7.40. The summed E-state index contributed by atoms with van der Waals surface area (Å²) >= 11 is 1.96. The van der Waals surface area contributed by atoms with E-state index in [0.29, 0.717) is 11.5 Å². The summed E-state index contributed by atoms with van der Waals surface area (Å²) in [6, 6.07) is 9.54. The third kappa shape index (κ3) is 3.55. The van der Waals surface area contributed by atoms with Crippen molar-refractivity contribution in [1.82, 2.24) is 5.32 Å². The van der Waals surface area contributed by atoms with E-state index in [1.807, 2.05) is 11.8 Å². The van der Waals surface area contributed by atoms with Gasteiger partial charge in [-0.1, -0.05) is 45.0 Å². The van der Waals surface area contributed by atoms with Gasteiger partial charge in [0.25, 0.3) is 0 Å². The van der Waals surface area contributed by atoms with E-state index in [1.54, 1.807) is 0 Å². The molecule has 19 heavy (non-hydrogen) atoms. The highest BCUT2D eigenvalue weighted by atomic mass is 32.2. The van der Waals surface area contributed by atoms with Gasteiger partial charge < -0.3 is 5.32 Å². The Balaban J connectivity index is 2.04. The van der Waals surface area contributed by atoms with Crippen LogP contribution < -0.4 is 5.32 Å². The van der Waals surface area contributed by atoms with E-state index in [-0.39, 0.29) is 0 Å². The zero-order chi connectivity index (χ0) is 13.9. The lowest BCUT2D eigenvalue weighted by atomic mass is 9.71. The summed E-state index contributed by atoms with van der Waals surface area (Å²) in [5, 5.41) is 4.52. The van der Waals surface area contributed by atoms with Crippen LogP contribution in [0.5, 0.6) is 0 Å². The van der Waals surface area contributed by atoms with E-state index >= 15 is 0 Å². The highest BCUT2D eigenvalue weighted by Crippen LogP contribution is 2.41. The lowest BCUT2D eigenvalue weighted by Crippen LogP contribution is -2.33. The van der Waals surface area contributed by atoms with Gasteiger partial charge in [0.2, 0.25) is 0 Å². The first-order valence-corrected chi connectivity index (χ1v) is 8.69. The van der Waals surface area contributed by atoms with Crippen molar-refractivity contribution in [2.45, 2.75) is 56.7 Å². The topological polar surface area (TPSA) is 12.0 Å². The Labute approximate surface area is 122 Å². The summed E-state index contributed by atoms with van der Waals surface area (Å²) in [6.07, 6.45) is 5.99. The summed E-state index contributed by atoms with van der Waals surface area (Å²) < 4.78 is 0. The van der Waals surface area contributed by atoms with Gasteiger partial charge in [-0.3, -0.25) is 0 Å². The van der Waals surface area contributed by atoms with Gasteiger partial charge in [-0.25, -0.2) is 0 Å². The van der Waals surface area contributed by atoms with Crippen LogP contribution in [0.25, 0.3) is 0 Å². The van der Waals surface area contributed by atoms with Crippen molar-refractivity contribution in [2.24, 2.45) is 0 Å². The molecule has 2 rings (SSSR count). The molecule has 1 nitrogen and oxygen atoms in total. The van der Waals surface area contributed by atoms with Crippen molar-refractivity contribution in [3.05, 3.63) is 35.4 Å². The molecule has 1 N–H and O–H groups in total. The van der Waals surface area contributed by atoms with Crippen LogP contribution in [0, 0.1) is 0 Å². The summed E-state index contributed by atoms with van der Waals surface area (Å²) in [5.41, 5.74) is 3.40. The fourth-order valence-corrected chi connectivity index (χ4v) is 3.36. The molecule has 2 unspecified atom stereocenters. The quantitative estimate of drug-likeness (QED) is 0.848. The number of rotatable bonds is 5. The van der Waals surface area contributed by atoms with Crippen molar-refractivity contribution >= 4 is 11.8 Å². The normalized spacial score (nSPS) is 22.8. The molecule has 106 valence electrons. The van der Waals surface area contributed by atoms with E-state index in [2.05, 4.69) is 56.6 Å². The molecule has 0 saturated carbocycles. The van der Waals surface area contributed by atoms with Gasteiger partial charge in [-0.05, 0) is 48.6 Å². The highest BCUT2D eigenvalue weighted by molar-refractivity contribution is 7.99. The number of fused-ring (bicyclic) bond motifs is 1. The molecule has 0 aliphatic heterocycles. The predicted octanol–water partition coefficient (Wildman–Crippen LogP) is 4.53. The minimum Gasteiger partial charge on any atom is -0.310 e. The van der Waals surface area contributed by atoms with Gasteiger partial charge in [0.1, 0.15) is 0 Å². The zero-order valence-corrected chi connectivity index (χ0v) is 13.5. The monoisotopic (exact) mass is 277 g/mol. The predicted molar refractivity (Wildman–Crippen MR) is 87.0 cm³/mol. The molecule has 0 radical (unpaired) electrons. The number of hydrogen-bond acceptors (Lipinski definition) is 2. The van der Waals surface area contributed by atoms with Crippen LogP contribution in [0.4, 0.5) is 0 Å². The molecule has 1 aromatic carbocycles. The summed E-state index contributed by atoms with van der Waals surface area (Å²) in [4.78, 5) is 0. The van der Waals surface area contributed by atoms with Crippen molar-refractivity contribution in [3.63, 3.8) is 0 Å². The van der Waals surface area contributed by atoms with Crippen LogP contribution >= 0.6 is 11.8 Å². The largest absolute Gasteiger partial charge is 0.310 e. The molecule has 0 amide bonds. The van der Waals surface area contributed by atoms with Crippen molar-refractivity contribution in [3.8, 4) is 0 Å². The molecule has 0 heterocycles. The van der Waals surface area contributed by atoms with Gasteiger partial charge in [0.15, 0.2) is 0 Å². The number of hydrogen-bond donors (Lipinski definition) is 1. The van der Waals surface area contributed by atoms with Crippen LogP contribution in [0.3, 0.4) is 0 Å². The van der Waals surface area contributed by atoms with E-state index in [1.165, 1.54) is 30.4 Å². The molecule has 0 aromatic heterocycles. The summed E-state index contributed by atoms with van der Waals surface area (Å²) in [5.74, 6) is 0. The number of nitrogens with one attached hydrogen (secondary N) is 1. The lowest BCUT2D eigenvalue weighted by molar-refractivity contribution is 0.357. The molecular formula is C17H27NS. The van der Waals surface area contributed by atoms with Gasteiger partial charge >= 0.3 is 0 Å². The molecular weight excluding hydrogens is 250 g/mol. The van der Waals surface area contributed by atoms with Crippen LogP contribution in [-0.4, -0.2) is 18.1 Å². The Bertz CT molecular complexity index is 413. The van der Waals surface area contributed by atoms with Gasteiger partial charge in [0.05, 0.1) is 0 Å². The van der Waals surface area contributed by atoms with E-state index in [0.717, 1.165) is 11.8 Å². The Kier molecular flexibility index (Phi) is 4.97. The summed E-state index contributed by atoms with van der Waals surface area (Å²) in [6.45, 7) is 8.18. The third-order valence-electron chi connectivity index (χ3n) is 4.47. The molecule has 2 atom stereocenters. The smallest absolute Gasteiger partial charge is 0.0323 e. The standard InChI is InChI=1S/C17H27NS/c1-13(19-4)10-12-18-16-9-11-17(2,3)15-8-6-5-7-14(15)16/h5-8,13,16,18H,9-12H2,1-4H3. The Morgan fingerprint density at radius 2 is 2.11 bits per heavy atom. The molecule has 1 aliphatic carbocycles. The van der Waals surface area contributed by atoms with Crippen molar-refractivity contribution in [2.75, 3.05) is 12.8 Å². The maximum atomic E-state index is 3.77. The third-order valence-corrected chi connectivity index (χ3v) is 5.51. The molecule has 0 saturated heterocycles. The fraction of sp³-hybridized carbons (Fsp3) is 0.647. The van der Waals surface area contributed by atoms with Gasteiger partial charge in [-0.15, -0.1) is 0 Å². The van der Waals surface area contributed by atoms with E-state index < -0.39 is 0 Å². The minimum atomic E-state index is 0.335. The molecule has 1 aromatic rings. The average Bonchev–Trinajstić information content (AvgIpc) is 2.41. The zero-order valence-electron chi connectivity index (χ0n) is 12.7. The van der Waals surface area contributed by atoms with Crippen LogP contribution in [0.2, 0.25) is 0 Å². The lowest BCUT2D eigenvalue weighted by Gasteiger charge is -2.37. The first kappa shape index (κ1) is 14.9. The fourth-order valence-electron chi connectivity index (χ4n) is 3.00. The second kappa shape index (κ2) is 6.32. The maximum absolute atomic E-state index is 3.77. The van der Waals surface area contributed by atoms with Gasteiger partial charge in [-0.2, -0.15) is 11.8 Å². The maximum Gasteiger partial charge on any atom is 0.0323 e. The second-order valence-corrected chi connectivity index (χ2v) is 7.63. The Morgan fingerprint density at radius 1 is 1.37 bits per heavy atom. The summed E-state index contributed by atoms with van der Waals surface area (Å²) in [7, 11) is 0. The van der Waals surface area contributed by atoms with E-state index in [4.69, 9.17) is 0 Å². The van der Waals surface area contributed by atoms with Crippen molar-refractivity contribution < 1.29 is 0 Å².